The van der Waals surface area contributed by atoms with E-state index in [0.717, 1.165) is 5.69 Å². The Morgan fingerprint density at radius 2 is 2.25 bits per heavy atom. The van der Waals surface area contributed by atoms with Gasteiger partial charge in [-0.1, -0.05) is 0 Å². The topological polar surface area (TPSA) is 79.3 Å². The van der Waals surface area contributed by atoms with E-state index in [1.165, 1.54) is 11.5 Å². The molecule has 0 aliphatic heterocycles. The zero-order valence-corrected chi connectivity index (χ0v) is 9.63. The summed E-state index contributed by atoms with van der Waals surface area (Å²) in [6, 6.07) is 1.92. The van der Waals surface area contributed by atoms with Crippen molar-refractivity contribution in [1.82, 2.24) is 9.69 Å². The van der Waals surface area contributed by atoms with Gasteiger partial charge >= 0.3 is 5.97 Å². The fourth-order valence-corrected chi connectivity index (χ4v) is 1.75. The Morgan fingerprint density at radius 3 is 2.88 bits per heavy atom. The minimum absolute atomic E-state index is 0.0412. The second-order valence-corrected chi connectivity index (χ2v) is 4.00. The van der Waals surface area contributed by atoms with Crippen LogP contribution in [-0.4, -0.2) is 27.9 Å². The molecule has 0 fully saturated rings. The van der Waals surface area contributed by atoms with Crippen LogP contribution in [0.25, 0.3) is 0 Å². The van der Waals surface area contributed by atoms with Gasteiger partial charge in [0.05, 0.1) is 5.69 Å². The molecule has 0 saturated carbocycles. The number of carboxylic acids is 1. The first-order valence-electron chi connectivity index (χ1n) is 5.06. The van der Waals surface area contributed by atoms with E-state index >= 15 is 0 Å². The highest BCUT2D eigenvalue weighted by Crippen LogP contribution is 2.00. The zero-order chi connectivity index (χ0) is 11.8. The zero-order valence-electron chi connectivity index (χ0n) is 8.81. The number of nitrogens with zero attached hydrogens (tertiary/aromatic N) is 1. The van der Waals surface area contributed by atoms with Gasteiger partial charge in [-0.3, -0.25) is 9.59 Å². The van der Waals surface area contributed by atoms with Gasteiger partial charge in [0, 0.05) is 31.2 Å². The third-order valence-electron chi connectivity index (χ3n) is 1.99. The largest absolute Gasteiger partial charge is 0.481 e. The minimum atomic E-state index is -0.865. The molecule has 0 atom stereocenters. The van der Waals surface area contributed by atoms with E-state index in [0.29, 0.717) is 19.4 Å². The number of nitrogens with one attached hydrogen (secondary N) is 1. The summed E-state index contributed by atoms with van der Waals surface area (Å²) in [5, 5.41) is 13.0. The molecular formula is C10H14N2O3S. The average molecular weight is 242 g/mol. The first-order valence-corrected chi connectivity index (χ1v) is 5.90. The molecular weight excluding hydrogens is 228 g/mol. The average Bonchev–Trinajstić information content (AvgIpc) is 2.70. The second kappa shape index (κ2) is 6.95. The molecule has 2 N–H and O–H groups in total. The fourth-order valence-electron chi connectivity index (χ4n) is 1.19. The number of carbonyl (C=O) groups is 2. The van der Waals surface area contributed by atoms with E-state index in [9.17, 15) is 9.59 Å². The number of aromatic nitrogens is 1. The van der Waals surface area contributed by atoms with Crippen LogP contribution in [0.2, 0.25) is 0 Å². The Balaban J connectivity index is 2.04. The molecule has 88 valence electrons. The van der Waals surface area contributed by atoms with Gasteiger partial charge in [-0.05, 0) is 24.0 Å². The molecule has 6 heteroatoms. The molecule has 0 radical (unpaired) electrons. The monoisotopic (exact) mass is 242 g/mol. The van der Waals surface area contributed by atoms with Crippen molar-refractivity contribution >= 4 is 23.4 Å². The summed E-state index contributed by atoms with van der Waals surface area (Å²) < 4.78 is 4.11. The molecule has 0 spiro atoms. The van der Waals surface area contributed by atoms with Crippen molar-refractivity contribution in [1.29, 1.82) is 0 Å². The SMILES string of the molecule is O=C(O)CCCC(=O)NCCc1ccsn1. The lowest BCUT2D eigenvalue weighted by Gasteiger charge is -2.02. The highest BCUT2D eigenvalue weighted by molar-refractivity contribution is 7.03. The van der Waals surface area contributed by atoms with Gasteiger partial charge in [-0.25, -0.2) is 0 Å². The molecule has 0 saturated heterocycles. The van der Waals surface area contributed by atoms with Crippen LogP contribution in [0.5, 0.6) is 0 Å². The number of rotatable bonds is 7. The Bertz CT molecular complexity index is 338. The van der Waals surface area contributed by atoms with Crippen LogP contribution in [-0.2, 0) is 16.0 Å². The lowest BCUT2D eigenvalue weighted by Crippen LogP contribution is -2.25. The Morgan fingerprint density at radius 1 is 1.44 bits per heavy atom. The standard InChI is InChI=1S/C10H14N2O3S/c13-9(2-1-3-10(14)15)11-6-4-8-5-7-16-12-8/h5,7H,1-4,6H2,(H,11,13)(H,14,15). The van der Waals surface area contributed by atoms with Gasteiger partial charge in [0.1, 0.15) is 0 Å². The third kappa shape index (κ3) is 5.45. The highest BCUT2D eigenvalue weighted by atomic mass is 32.1. The van der Waals surface area contributed by atoms with E-state index in [4.69, 9.17) is 5.11 Å². The lowest BCUT2D eigenvalue weighted by molar-refractivity contribution is -0.137. The summed E-state index contributed by atoms with van der Waals surface area (Å²) in [6.45, 7) is 0.551. The second-order valence-electron chi connectivity index (χ2n) is 3.34. The first kappa shape index (κ1) is 12.6. The van der Waals surface area contributed by atoms with Gasteiger partial charge in [0.15, 0.2) is 0 Å². The Labute approximate surface area is 97.7 Å². The molecule has 16 heavy (non-hydrogen) atoms. The van der Waals surface area contributed by atoms with Crippen molar-refractivity contribution < 1.29 is 14.7 Å². The Kier molecular flexibility index (Phi) is 5.49. The summed E-state index contributed by atoms with van der Waals surface area (Å²) in [5.74, 6) is -0.966. The summed E-state index contributed by atoms with van der Waals surface area (Å²) in [7, 11) is 0. The minimum Gasteiger partial charge on any atom is -0.481 e. The number of hydrogen-bond acceptors (Lipinski definition) is 4. The maximum Gasteiger partial charge on any atom is 0.303 e. The molecule has 0 aliphatic carbocycles. The molecule has 5 nitrogen and oxygen atoms in total. The molecule has 0 aromatic carbocycles. The number of aliphatic carboxylic acids is 1. The highest BCUT2D eigenvalue weighted by Gasteiger charge is 2.03. The van der Waals surface area contributed by atoms with Crippen LogP contribution >= 0.6 is 11.5 Å². The first-order chi connectivity index (χ1) is 7.68. The van der Waals surface area contributed by atoms with Crippen molar-refractivity contribution in [2.75, 3.05) is 6.54 Å². The molecule has 0 bridgehead atoms. The third-order valence-corrected chi connectivity index (χ3v) is 2.59. The van der Waals surface area contributed by atoms with Crippen molar-refractivity contribution in [3.05, 3.63) is 17.1 Å². The van der Waals surface area contributed by atoms with Crippen LogP contribution in [0.1, 0.15) is 25.0 Å². The van der Waals surface area contributed by atoms with E-state index < -0.39 is 5.97 Å². The van der Waals surface area contributed by atoms with E-state index in [2.05, 4.69) is 9.69 Å². The molecule has 1 aromatic heterocycles. The quantitative estimate of drug-likeness (QED) is 0.749. The molecule has 0 unspecified atom stereocenters. The number of carboxylic acid groups (broad SMARTS) is 1. The van der Waals surface area contributed by atoms with Crippen molar-refractivity contribution in [3.8, 4) is 0 Å². The maximum atomic E-state index is 11.2. The van der Waals surface area contributed by atoms with Crippen molar-refractivity contribution in [3.63, 3.8) is 0 Å². The molecule has 1 amide bonds. The van der Waals surface area contributed by atoms with Gasteiger partial charge in [0.25, 0.3) is 0 Å². The van der Waals surface area contributed by atoms with Gasteiger partial charge in [-0.2, -0.15) is 4.37 Å². The van der Waals surface area contributed by atoms with Crippen LogP contribution in [0.15, 0.2) is 11.4 Å². The van der Waals surface area contributed by atoms with E-state index in [1.54, 1.807) is 0 Å². The predicted octanol–water partition coefficient (Wildman–Crippen LogP) is 1.06. The van der Waals surface area contributed by atoms with Crippen LogP contribution < -0.4 is 5.32 Å². The summed E-state index contributed by atoms with van der Waals surface area (Å²) in [6.07, 6.45) is 1.41. The fraction of sp³-hybridized carbons (Fsp3) is 0.500. The number of amides is 1. The van der Waals surface area contributed by atoms with E-state index in [1.807, 2.05) is 11.4 Å². The molecule has 1 heterocycles. The number of carbonyl (C=O) groups excluding carboxylic acids is 1. The Hall–Kier alpha value is -1.43. The van der Waals surface area contributed by atoms with Gasteiger partial charge in [0.2, 0.25) is 5.91 Å². The molecule has 1 aromatic rings. The maximum absolute atomic E-state index is 11.2. The van der Waals surface area contributed by atoms with Gasteiger partial charge in [-0.15, -0.1) is 0 Å². The molecule has 0 aliphatic rings. The lowest BCUT2D eigenvalue weighted by atomic mass is 10.2. The van der Waals surface area contributed by atoms with Crippen LogP contribution in [0.3, 0.4) is 0 Å². The summed E-state index contributed by atoms with van der Waals surface area (Å²) >= 11 is 1.39. The number of hydrogen-bond donors (Lipinski definition) is 2. The summed E-state index contributed by atoms with van der Waals surface area (Å²) in [5.41, 5.74) is 0.968. The van der Waals surface area contributed by atoms with Crippen LogP contribution in [0.4, 0.5) is 0 Å². The van der Waals surface area contributed by atoms with Crippen molar-refractivity contribution in [2.24, 2.45) is 0 Å². The van der Waals surface area contributed by atoms with E-state index in [-0.39, 0.29) is 18.7 Å². The molecule has 1 rings (SSSR count). The normalized spacial score (nSPS) is 10.0. The summed E-state index contributed by atoms with van der Waals surface area (Å²) in [4.78, 5) is 21.4. The van der Waals surface area contributed by atoms with Crippen LogP contribution in [0, 0.1) is 0 Å². The predicted molar refractivity (Wildman–Crippen MR) is 60.3 cm³/mol. The van der Waals surface area contributed by atoms with Gasteiger partial charge < -0.3 is 10.4 Å². The van der Waals surface area contributed by atoms with Crippen molar-refractivity contribution in [2.45, 2.75) is 25.7 Å². The smallest absolute Gasteiger partial charge is 0.303 e.